The molecule has 0 bridgehead atoms. The minimum Gasteiger partial charge on any atom is -0.349 e. The van der Waals surface area contributed by atoms with E-state index in [2.05, 4.69) is 50.2 Å². The predicted molar refractivity (Wildman–Crippen MR) is 115 cm³/mol. The molecule has 0 radical (unpaired) electrons. The van der Waals surface area contributed by atoms with Crippen molar-refractivity contribution in [2.24, 2.45) is 0 Å². The number of nitrogens with one attached hydrogen (secondary N) is 1. The summed E-state index contributed by atoms with van der Waals surface area (Å²) in [7, 11) is 0. The first-order valence-corrected chi connectivity index (χ1v) is 11.1. The summed E-state index contributed by atoms with van der Waals surface area (Å²) in [5.74, 6) is 1.18. The van der Waals surface area contributed by atoms with Crippen molar-refractivity contribution in [2.45, 2.75) is 50.4 Å². The molecule has 2 heterocycles. The van der Waals surface area contributed by atoms with Crippen LogP contribution in [0.2, 0.25) is 0 Å². The van der Waals surface area contributed by atoms with Crippen molar-refractivity contribution in [1.29, 1.82) is 0 Å². The van der Waals surface area contributed by atoms with Gasteiger partial charge >= 0.3 is 0 Å². The number of benzene rings is 1. The summed E-state index contributed by atoms with van der Waals surface area (Å²) < 4.78 is 2.09. The fourth-order valence-corrected chi connectivity index (χ4v) is 4.58. The van der Waals surface area contributed by atoms with Crippen molar-refractivity contribution in [1.82, 2.24) is 25.1 Å². The zero-order valence-corrected chi connectivity index (χ0v) is 17.4. The third kappa shape index (κ3) is 4.50. The molecule has 1 unspecified atom stereocenters. The fourth-order valence-electron chi connectivity index (χ4n) is 3.81. The maximum atomic E-state index is 12.6. The molecule has 29 heavy (non-hydrogen) atoms. The second kappa shape index (κ2) is 9.22. The van der Waals surface area contributed by atoms with Crippen LogP contribution in [0.3, 0.4) is 0 Å². The Morgan fingerprint density at radius 2 is 2.03 bits per heavy atom. The summed E-state index contributed by atoms with van der Waals surface area (Å²) >= 11 is 1.44. The molecule has 0 saturated heterocycles. The smallest absolute Gasteiger partial charge is 0.230 e. The number of hydrogen-bond acceptors (Lipinski definition) is 5. The van der Waals surface area contributed by atoms with Gasteiger partial charge < -0.3 is 9.88 Å². The highest BCUT2D eigenvalue weighted by atomic mass is 32.2. The van der Waals surface area contributed by atoms with Gasteiger partial charge in [-0.15, -0.1) is 10.2 Å². The van der Waals surface area contributed by atoms with Gasteiger partial charge in [0, 0.05) is 24.5 Å². The zero-order valence-electron chi connectivity index (χ0n) is 16.5. The zero-order chi connectivity index (χ0) is 20.1. The van der Waals surface area contributed by atoms with E-state index < -0.39 is 0 Å². The second-order valence-electron chi connectivity index (χ2n) is 7.19. The molecule has 0 saturated carbocycles. The molecule has 1 aromatic carbocycles. The molecular formula is C22H25N5OS. The number of carbonyl (C=O) groups is 1. The lowest BCUT2D eigenvalue weighted by atomic mass is 9.88. The van der Waals surface area contributed by atoms with E-state index in [1.54, 1.807) is 12.4 Å². The van der Waals surface area contributed by atoms with Gasteiger partial charge in [0.25, 0.3) is 0 Å². The summed E-state index contributed by atoms with van der Waals surface area (Å²) in [6.45, 7) is 2.93. The SMILES string of the molecule is CCCn1c(SCC(=O)NC2CCCc3ccccc32)nnc1-c1ccncc1. The average Bonchev–Trinajstić information content (AvgIpc) is 3.16. The molecule has 1 aliphatic carbocycles. The lowest BCUT2D eigenvalue weighted by molar-refractivity contribution is -0.119. The highest BCUT2D eigenvalue weighted by Gasteiger charge is 2.22. The number of aromatic nitrogens is 4. The van der Waals surface area contributed by atoms with Crippen LogP contribution in [-0.4, -0.2) is 31.4 Å². The van der Waals surface area contributed by atoms with E-state index >= 15 is 0 Å². The molecule has 150 valence electrons. The minimum absolute atomic E-state index is 0.0354. The number of carbonyl (C=O) groups excluding carboxylic acids is 1. The molecule has 0 aliphatic heterocycles. The van der Waals surface area contributed by atoms with E-state index in [1.165, 1.54) is 22.9 Å². The van der Waals surface area contributed by atoms with Crippen molar-refractivity contribution >= 4 is 17.7 Å². The van der Waals surface area contributed by atoms with Crippen molar-refractivity contribution in [3.8, 4) is 11.4 Å². The van der Waals surface area contributed by atoms with E-state index in [9.17, 15) is 4.79 Å². The molecule has 2 aromatic heterocycles. The molecule has 1 amide bonds. The molecule has 1 atom stereocenters. The molecule has 3 aromatic rings. The van der Waals surface area contributed by atoms with Crippen LogP contribution in [0.5, 0.6) is 0 Å². The summed E-state index contributed by atoms with van der Waals surface area (Å²) in [6, 6.07) is 12.4. The lowest BCUT2D eigenvalue weighted by Gasteiger charge is -2.26. The van der Waals surface area contributed by atoms with Crippen LogP contribution in [0.25, 0.3) is 11.4 Å². The van der Waals surface area contributed by atoms with Gasteiger partial charge in [-0.2, -0.15) is 0 Å². The first-order valence-electron chi connectivity index (χ1n) is 10.1. The van der Waals surface area contributed by atoms with Gasteiger partial charge in [-0.3, -0.25) is 9.78 Å². The first kappa shape index (κ1) is 19.6. The highest BCUT2D eigenvalue weighted by molar-refractivity contribution is 7.99. The van der Waals surface area contributed by atoms with Crippen LogP contribution in [0.1, 0.15) is 43.4 Å². The summed E-state index contributed by atoms with van der Waals surface area (Å²) in [4.78, 5) is 16.7. The van der Waals surface area contributed by atoms with Crippen LogP contribution in [-0.2, 0) is 17.8 Å². The molecule has 1 aliphatic rings. The third-order valence-corrected chi connectivity index (χ3v) is 6.11. The molecule has 7 heteroatoms. The normalized spacial score (nSPS) is 15.7. The molecule has 0 fully saturated rings. The topological polar surface area (TPSA) is 72.7 Å². The van der Waals surface area contributed by atoms with Crippen LogP contribution in [0, 0.1) is 0 Å². The number of amides is 1. The Kier molecular flexibility index (Phi) is 6.24. The van der Waals surface area contributed by atoms with Crippen molar-refractivity contribution in [2.75, 3.05) is 5.75 Å². The number of nitrogens with zero attached hydrogens (tertiary/aromatic N) is 4. The highest BCUT2D eigenvalue weighted by Crippen LogP contribution is 2.30. The van der Waals surface area contributed by atoms with E-state index in [0.29, 0.717) is 5.75 Å². The summed E-state index contributed by atoms with van der Waals surface area (Å²) in [6.07, 6.45) is 7.66. The van der Waals surface area contributed by atoms with E-state index in [-0.39, 0.29) is 11.9 Å². The number of hydrogen-bond donors (Lipinski definition) is 1. The van der Waals surface area contributed by atoms with Crippen LogP contribution >= 0.6 is 11.8 Å². The number of fused-ring (bicyclic) bond motifs is 1. The third-order valence-electron chi connectivity index (χ3n) is 5.14. The van der Waals surface area contributed by atoms with Crippen molar-refractivity contribution in [3.05, 3.63) is 59.9 Å². The largest absolute Gasteiger partial charge is 0.349 e. The summed E-state index contributed by atoms with van der Waals surface area (Å²) in [5, 5.41) is 12.7. The molecule has 4 rings (SSSR count). The van der Waals surface area contributed by atoms with E-state index in [4.69, 9.17) is 0 Å². The maximum Gasteiger partial charge on any atom is 0.230 e. The molecule has 1 N–H and O–H groups in total. The van der Waals surface area contributed by atoms with Gasteiger partial charge in [0.2, 0.25) is 5.91 Å². The van der Waals surface area contributed by atoms with Crippen LogP contribution < -0.4 is 5.32 Å². The van der Waals surface area contributed by atoms with Crippen LogP contribution in [0.15, 0.2) is 53.9 Å². The maximum absolute atomic E-state index is 12.6. The number of aryl methyl sites for hydroxylation is 1. The van der Waals surface area contributed by atoms with Crippen LogP contribution in [0.4, 0.5) is 0 Å². The quantitative estimate of drug-likeness (QED) is 0.599. The Hall–Kier alpha value is -2.67. The Balaban J connectivity index is 1.43. The second-order valence-corrected chi connectivity index (χ2v) is 8.14. The Bertz CT molecular complexity index is 972. The van der Waals surface area contributed by atoms with Crippen molar-refractivity contribution < 1.29 is 4.79 Å². The molecule has 6 nitrogen and oxygen atoms in total. The van der Waals surface area contributed by atoms with E-state index in [0.717, 1.165) is 48.8 Å². The lowest BCUT2D eigenvalue weighted by Crippen LogP contribution is -2.32. The number of pyridine rings is 1. The number of rotatable bonds is 7. The average molecular weight is 408 g/mol. The predicted octanol–water partition coefficient (Wildman–Crippen LogP) is 4.04. The van der Waals surface area contributed by atoms with Gasteiger partial charge in [-0.1, -0.05) is 43.0 Å². The van der Waals surface area contributed by atoms with E-state index in [1.807, 2.05) is 18.2 Å². The van der Waals surface area contributed by atoms with Crippen molar-refractivity contribution in [3.63, 3.8) is 0 Å². The standard InChI is InChI=1S/C22H25N5OS/c1-2-14-27-21(17-10-12-23-13-11-17)25-26-22(27)29-15-20(28)24-19-9-5-7-16-6-3-4-8-18(16)19/h3-4,6,8,10-13,19H,2,5,7,9,14-15H2,1H3,(H,24,28). The Morgan fingerprint density at radius 1 is 1.21 bits per heavy atom. The van der Waals surface area contributed by atoms with Gasteiger partial charge in [0.15, 0.2) is 11.0 Å². The summed E-state index contributed by atoms with van der Waals surface area (Å²) in [5.41, 5.74) is 3.59. The fraction of sp³-hybridized carbons (Fsp3) is 0.364. The first-order chi connectivity index (χ1) is 14.3. The Morgan fingerprint density at radius 3 is 2.86 bits per heavy atom. The van der Waals surface area contributed by atoms with Gasteiger partial charge in [0.1, 0.15) is 0 Å². The minimum atomic E-state index is 0.0354. The molecular weight excluding hydrogens is 382 g/mol. The van der Waals surface area contributed by atoms with Gasteiger partial charge in [0.05, 0.1) is 11.8 Å². The van der Waals surface area contributed by atoms with Gasteiger partial charge in [-0.25, -0.2) is 0 Å². The molecule has 0 spiro atoms. The van der Waals surface area contributed by atoms with Gasteiger partial charge in [-0.05, 0) is 48.9 Å². The number of thioether (sulfide) groups is 1. The monoisotopic (exact) mass is 407 g/mol. The Labute approximate surface area is 175 Å².